The monoisotopic (exact) mass is 237 g/mol. The molecule has 0 unspecified atom stereocenters. The van der Waals surface area contributed by atoms with E-state index >= 15 is 0 Å². The maximum Gasteiger partial charge on any atom is 0.297 e. The Kier molecular flexibility index (Phi) is 3.58. The van der Waals surface area contributed by atoms with Gasteiger partial charge >= 0.3 is 0 Å². The van der Waals surface area contributed by atoms with E-state index in [0.29, 0.717) is 6.01 Å². The lowest BCUT2D eigenvalue weighted by molar-refractivity contribution is 0.543. The Hall–Kier alpha value is -1.33. The van der Waals surface area contributed by atoms with Crippen LogP contribution in [0, 0.1) is 0 Å². The largest absolute Gasteiger partial charge is 0.432 e. The fourth-order valence-corrected chi connectivity index (χ4v) is 2.12. The molecule has 2 heterocycles. The Morgan fingerprint density at radius 2 is 2.44 bits per heavy atom. The van der Waals surface area contributed by atoms with Gasteiger partial charge in [-0.15, -0.1) is 0 Å². The molecular weight excluding hydrogens is 222 g/mol. The van der Waals surface area contributed by atoms with E-state index in [0.717, 1.165) is 18.8 Å². The van der Waals surface area contributed by atoms with Gasteiger partial charge in [-0.25, -0.2) is 0 Å². The van der Waals surface area contributed by atoms with Gasteiger partial charge in [-0.2, -0.15) is 16.3 Å². The van der Waals surface area contributed by atoms with Crippen LogP contribution in [0.1, 0.15) is 11.3 Å². The van der Waals surface area contributed by atoms with E-state index in [2.05, 4.69) is 27.1 Å². The molecule has 4 nitrogen and oxygen atoms in total. The number of anilines is 1. The van der Waals surface area contributed by atoms with Gasteiger partial charge in [-0.1, -0.05) is 0 Å². The van der Waals surface area contributed by atoms with Crippen molar-refractivity contribution in [3.63, 3.8) is 0 Å². The van der Waals surface area contributed by atoms with Gasteiger partial charge in [0.05, 0.1) is 5.69 Å². The Labute approximate surface area is 98.9 Å². The van der Waals surface area contributed by atoms with E-state index in [1.165, 1.54) is 5.56 Å². The van der Waals surface area contributed by atoms with E-state index in [4.69, 9.17) is 4.42 Å². The van der Waals surface area contributed by atoms with Crippen LogP contribution in [0.15, 0.2) is 27.5 Å². The second-order valence-corrected chi connectivity index (χ2v) is 4.42. The predicted molar refractivity (Wildman–Crippen MR) is 65.7 cm³/mol. The first kappa shape index (κ1) is 11.2. The predicted octanol–water partition coefficient (Wildman–Crippen LogP) is 2.09. The molecule has 2 aromatic rings. The van der Waals surface area contributed by atoms with Gasteiger partial charge in [0.25, 0.3) is 6.01 Å². The third kappa shape index (κ3) is 2.62. The van der Waals surface area contributed by atoms with Crippen molar-refractivity contribution in [2.75, 3.05) is 19.0 Å². The Bertz CT molecular complexity index is 424. The highest BCUT2D eigenvalue weighted by Crippen LogP contribution is 2.16. The molecule has 0 saturated heterocycles. The maximum absolute atomic E-state index is 5.41. The molecule has 0 saturated carbocycles. The van der Waals surface area contributed by atoms with Gasteiger partial charge < -0.3 is 14.6 Å². The summed E-state index contributed by atoms with van der Waals surface area (Å²) in [5.41, 5.74) is 2.20. The van der Waals surface area contributed by atoms with E-state index in [1.807, 2.05) is 19.0 Å². The molecule has 0 radical (unpaired) electrons. The molecule has 1 N–H and O–H groups in total. The van der Waals surface area contributed by atoms with Crippen LogP contribution in [0.4, 0.5) is 6.01 Å². The lowest BCUT2D eigenvalue weighted by atomic mass is 10.3. The topological polar surface area (TPSA) is 41.3 Å². The number of thiophene rings is 1. The van der Waals surface area contributed by atoms with Crippen LogP contribution >= 0.6 is 11.3 Å². The Morgan fingerprint density at radius 3 is 3.12 bits per heavy atom. The number of rotatable bonds is 5. The molecule has 0 aliphatic carbocycles. The molecule has 0 aromatic carbocycles. The average Bonchev–Trinajstić information content (AvgIpc) is 2.89. The van der Waals surface area contributed by atoms with Gasteiger partial charge in [-0.3, -0.25) is 0 Å². The summed E-state index contributed by atoms with van der Waals surface area (Å²) in [5.74, 6) is 0. The molecule has 2 aromatic heterocycles. The summed E-state index contributed by atoms with van der Waals surface area (Å²) in [6.07, 6.45) is 1.69. The summed E-state index contributed by atoms with van der Waals surface area (Å²) in [5, 5.41) is 7.25. The minimum atomic E-state index is 0.663. The van der Waals surface area contributed by atoms with Crippen molar-refractivity contribution < 1.29 is 4.42 Å². The van der Waals surface area contributed by atoms with Crippen molar-refractivity contribution in [1.29, 1.82) is 0 Å². The number of nitrogens with one attached hydrogen (secondary N) is 1. The fourth-order valence-electron chi connectivity index (χ4n) is 1.46. The summed E-state index contributed by atoms with van der Waals surface area (Å²) >= 11 is 1.70. The summed E-state index contributed by atoms with van der Waals surface area (Å²) in [7, 11) is 3.87. The summed E-state index contributed by atoms with van der Waals surface area (Å²) in [6.45, 7) is 1.55. The minimum absolute atomic E-state index is 0.663. The van der Waals surface area contributed by atoms with Crippen LogP contribution in [-0.4, -0.2) is 19.1 Å². The highest BCUT2D eigenvalue weighted by atomic mass is 32.1. The van der Waals surface area contributed by atoms with E-state index < -0.39 is 0 Å². The van der Waals surface area contributed by atoms with Crippen molar-refractivity contribution in [3.8, 4) is 0 Å². The van der Waals surface area contributed by atoms with Gasteiger partial charge in [-0.05, 0) is 29.4 Å². The minimum Gasteiger partial charge on any atom is -0.432 e. The zero-order valence-electron chi connectivity index (χ0n) is 9.43. The first-order valence-electron chi connectivity index (χ1n) is 5.11. The number of oxazole rings is 1. The first-order valence-corrected chi connectivity index (χ1v) is 6.05. The lowest BCUT2D eigenvalue weighted by Crippen LogP contribution is -2.16. The van der Waals surface area contributed by atoms with Crippen molar-refractivity contribution in [1.82, 2.24) is 10.3 Å². The van der Waals surface area contributed by atoms with Crippen LogP contribution in [0.25, 0.3) is 0 Å². The standard InChI is InChI=1S/C11H15N3OS/c1-12-5-10-7-15-11(13-10)14(2)6-9-3-4-16-8-9/h3-4,7-8,12H,5-6H2,1-2H3. The SMILES string of the molecule is CNCc1coc(N(C)Cc2ccsc2)n1. The average molecular weight is 237 g/mol. The van der Waals surface area contributed by atoms with Gasteiger partial charge in [0, 0.05) is 20.1 Å². The zero-order chi connectivity index (χ0) is 11.4. The first-order chi connectivity index (χ1) is 7.79. The van der Waals surface area contributed by atoms with Crippen molar-refractivity contribution in [2.24, 2.45) is 0 Å². The van der Waals surface area contributed by atoms with Crippen LogP contribution in [0.2, 0.25) is 0 Å². The number of hydrogen-bond acceptors (Lipinski definition) is 5. The molecule has 0 amide bonds. The molecule has 16 heavy (non-hydrogen) atoms. The normalized spacial score (nSPS) is 10.6. The molecule has 0 aliphatic rings. The molecule has 86 valence electrons. The summed E-state index contributed by atoms with van der Waals surface area (Å²) in [4.78, 5) is 6.38. The smallest absolute Gasteiger partial charge is 0.297 e. The molecule has 2 rings (SSSR count). The molecular formula is C11H15N3OS. The second kappa shape index (κ2) is 5.14. The Morgan fingerprint density at radius 1 is 1.56 bits per heavy atom. The number of aromatic nitrogens is 1. The highest BCUT2D eigenvalue weighted by Gasteiger charge is 2.09. The van der Waals surface area contributed by atoms with Crippen LogP contribution < -0.4 is 10.2 Å². The fraction of sp³-hybridized carbons (Fsp3) is 0.364. The molecule has 5 heteroatoms. The van der Waals surface area contributed by atoms with Crippen molar-refractivity contribution >= 4 is 17.4 Å². The van der Waals surface area contributed by atoms with Crippen LogP contribution in [0.5, 0.6) is 0 Å². The maximum atomic E-state index is 5.41. The highest BCUT2D eigenvalue weighted by molar-refractivity contribution is 7.07. The molecule has 0 spiro atoms. The third-order valence-corrected chi connectivity index (χ3v) is 2.96. The second-order valence-electron chi connectivity index (χ2n) is 3.64. The summed E-state index contributed by atoms with van der Waals surface area (Å²) in [6, 6.07) is 2.77. The molecule has 0 fully saturated rings. The van der Waals surface area contributed by atoms with Gasteiger partial charge in [0.1, 0.15) is 6.26 Å². The summed E-state index contributed by atoms with van der Waals surface area (Å²) < 4.78 is 5.41. The van der Waals surface area contributed by atoms with Crippen LogP contribution in [-0.2, 0) is 13.1 Å². The van der Waals surface area contributed by atoms with Crippen LogP contribution in [0.3, 0.4) is 0 Å². The zero-order valence-corrected chi connectivity index (χ0v) is 10.3. The van der Waals surface area contributed by atoms with Crippen molar-refractivity contribution in [2.45, 2.75) is 13.1 Å². The van der Waals surface area contributed by atoms with Crippen molar-refractivity contribution in [3.05, 3.63) is 34.3 Å². The third-order valence-electron chi connectivity index (χ3n) is 2.22. The molecule has 0 aliphatic heterocycles. The molecule has 0 bridgehead atoms. The Balaban J connectivity index is 2.00. The van der Waals surface area contributed by atoms with E-state index in [1.54, 1.807) is 17.6 Å². The lowest BCUT2D eigenvalue weighted by Gasteiger charge is -2.12. The molecule has 0 atom stereocenters. The number of hydrogen-bond donors (Lipinski definition) is 1. The van der Waals surface area contributed by atoms with Gasteiger partial charge in [0.2, 0.25) is 0 Å². The van der Waals surface area contributed by atoms with E-state index in [9.17, 15) is 0 Å². The quantitative estimate of drug-likeness (QED) is 0.864. The number of nitrogens with zero attached hydrogens (tertiary/aromatic N) is 2. The van der Waals surface area contributed by atoms with E-state index in [-0.39, 0.29) is 0 Å². The van der Waals surface area contributed by atoms with Gasteiger partial charge in [0.15, 0.2) is 0 Å².